The number of hydrogen-bond donors (Lipinski definition) is 2. The molecule has 0 aliphatic rings. The minimum absolute atomic E-state index is 0.206. The highest BCUT2D eigenvalue weighted by Crippen LogP contribution is 2.36. The van der Waals surface area contributed by atoms with Gasteiger partial charge in [0.15, 0.2) is 0 Å². The fourth-order valence-corrected chi connectivity index (χ4v) is 3.21. The molecule has 4 aromatic rings. The van der Waals surface area contributed by atoms with E-state index in [-0.39, 0.29) is 11.5 Å². The lowest BCUT2D eigenvalue weighted by Gasteiger charge is -2.14. The van der Waals surface area contributed by atoms with Gasteiger partial charge in [0.25, 0.3) is 5.56 Å². The summed E-state index contributed by atoms with van der Waals surface area (Å²) in [5, 5.41) is 3.57. The molecule has 7 nitrogen and oxygen atoms in total. The largest absolute Gasteiger partial charge is 0.494 e. The van der Waals surface area contributed by atoms with Crippen LogP contribution in [0.1, 0.15) is 6.92 Å². The summed E-state index contributed by atoms with van der Waals surface area (Å²) in [6.07, 6.45) is 3.28. The second kappa shape index (κ2) is 7.55. The van der Waals surface area contributed by atoms with E-state index in [0.29, 0.717) is 28.2 Å². The van der Waals surface area contributed by atoms with Gasteiger partial charge in [0.2, 0.25) is 5.91 Å². The number of pyridine rings is 3. The molecule has 0 unspecified atom stereocenters. The van der Waals surface area contributed by atoms with Crippen molar-refractivity contribution in [2.75, 3.05) is 12.4 Å². The molecule has 0 saturated carbocycles. The standard InChI is InChI=1S/C22H18N4O3/c1-13(27)25-20-11-16-15(17-7-3-4-8-23-17)10-18(14-6-5-9-24-22(14)28)26-19(16)12-21(20)29-2/h3-12H,1-2H3,(H,24,28)(H,25,27). The molecule has 3 heterocycles. The lowest BCUT2D eigenvalue weighted by molar-refractivity contribution is -0.114. The summed E-state index contributed by atoms with van der Waals surface area (Å²) in [4.78, 5) is 35.7. The molecule has 0 radical (unpaired) electrons. The number of amides is 1. The van der Waals surface area contributed by atoms with Crippen molar-refractivity contribution in [2.45, 2.75) is 6.92 Å². The molecule has 29 heavy (non-hydrogen) atoms. The van der Waals surface area contributed by atoms with Crippen molar-refractivity contribution in [1.82, 2.24) is 15.0 Å². The molecule has 7 heteroatoms. The predicted octanol–water partition coefficient (Wildman–Crippen LogP) is 3.62. The van der Waals surface area contributed by atoms with Crippen molar-refractivity contribution in [1.29, 1.82) is 0 Å². The lowest BCUT2D eigenvalue weighted by atomic mass is 10.0. The van der Waals surface area contributed by atoms with Crippen LogP contribution in [0.2, 0.25) is 0 Å². The number of methoxy groups -OCH3 is 1. The van der Waals surface area contributed by atoms with Crippen molar-refractivity contribution in [3.8, 4) is 28.3 Å². The van der Waals surface area contributed by atoms with Crippen LogP contribution in [-0.2, 0) is 4.79 Å². The first-order valence-electron chi connectivity index (χ1n) is 8.96. The number of anilines is 1. The second-order valence-corrected chi connectivity index (χ2v) is 6.43. The number of benzene rings is 1. The maximum absolute atomic E-state index is 12.3. The summed E-state index contributed by atoms with van der Waals surface area (Å²) < 4.78 is 5.43. The summed E-state index contributed by atoms with van der Waals surface area (Å²) in [5.74, 6) is 0.272. The Morgan fingerprint density at radius 2 is 1.93 bits per heavy atom. The Balaban J connectivity index is 2.05. The number of aromatic nitrogens is 3. The highest BCUT2D eigenvalue weighted by molar-refractivity contribution is 6.01. The number of ether oxygens (including phenoxy) is 1. The molecule has 0 fully saturated rings. The summed E-state index contributed by atoms with van der Waals surface area (Å²) in [5.41, 5.74) is 3.43. The van der Waals surface area contributed by atoms with Crippen LogP contribution in [0.15, 0.2) is 65.7 Å². The molecule has 0 bridgehead atoms. The van der Waals surface area contributed by atoms with Crippen molar-refractivity contribution < 1.29 is 9.53 Å². The third-order valence-electron chi connectivity index (χ3n) is 4.48. The number of hydrogen-bond acceptors (Lipinski definition) is 5. The van der Waals surface area contributed by atoms with Crippen LogP contribution in [0.5, 0.6) is 5.75 Å². The number of rotatable bonds is 4. The molecular weight excluding hydrogens is 368 g/mol. The van der Waals surface area contributed by atoms with Crippen LogP contribution in [0.4, 0.5) is 5.69 Å². The lowest BCUT2D eigenvalue weighted by Crippen LogP contribution is -2.09. The SMILES string of the molecule is COc1cc2nc(-c3ccc[nH]c3=O)cc(-c3ccccn3)c2cc1NC(C)=O. The van der Waals surface area contributed by atoms with Gasteiger partial charge in [-0.3, -0.25) is 14.6 Å². The molecule has 4 rings (SSSR count). The zero-order valence-corrected chi connectivity index (χ0v) is 15.9. The first kappa shape index (κ1) is 18.4. The van der Waals surface area contributed by atoms with Gasteiger partial charge in [0, 0.05) is 36.3 Å². The topological polar surface area (TPSA) is 97.0 Å². The van der Waals surface area contributed by atoms with Gasteiger partial charge in [-0.2, -0.15) is 0 Å². The molecule has 0 aliphatic heterocycles. The number of carbonyl (C=O) groups excluding carboxylic acids is 1. The number of carbonyl (C=O) groups is 1. The van der Waals surface area contributed by atoms with Gasteiger partial charge < -0.3 is 15.0 Å². The first-order valence-corrected chi connectivity index (χ1v) is 8.96. The average Bonchev–Trinajstić information content (AvgIpc) is 2.73. The molecule has 0 atom stereocenters. The summed E-state index contributed by atoms with van der Waals surface area (Å²) in [7, 11) is 1.53. The molecule has 0 spiro atoms. The van der Waals surface area contributed by atoms with E-state index in [4.69, 9.17) is 4.74 Å². The molecule has 0 saturated heterocycles. The Kier molecular flexibility index (Phi) is 4.78. The van der Waals surface area contributed by atoms with E-state index in [1.807, 2.05) is 30.3 Å². The van der Waals surface area contributed by atoms with Gasteiger partial charge in [0.1, 0.15) is 5.75 Å². The van der Waals surface area contributed by atoms with Crippen LogP contribution >= 0.6 is 0 Å². The minimum atomic E-state index is -0.229. The second-order valence-electron chi connectivity index (χ2n) is 6.43. The van der Waals surface area contributed by atoms with Gasteiger partial charge in [0.05, 0.1) is 35.3 Å². The smallest absolute Gasteiger partial charge is 0.257 e. The number of nitrogens with one attached hydrogen (secondary N) is 2. The molecule has 1 amide bonds. The van der Waals surface area contributed by atoms with Crippen LogP contribution in [0.25, 0.3) is 33.4 Å². The molecule has 1 aromatic carbocycles. The predicted molar refractivity (Wildman–Crippen MR) is 112 cm³/mol. The first-order chi connectivity index (χ1) is 14.1. The quantitative estimate of drug-likeness (QED) is 0.558. The normalized spacial score (nSPS) is 10.7. The highest BCUT2D eigenvalue weighted by atomic mass is 16.5. The monoisotopic (exact) mass is 386 g/mol. The van der Waals surface area contributed by atoms with Crippen LogP contribution in [0, 0.1) is 0 Å². The summed E-state index contributed by atoms with van der Waals surface area (Å²) in [6.45, 7) is 1.44. The van der Waals surface area contributed by atoms with Crippen molar-refractivity contribution in [3.05, 3.63) is 71.3 Å². The zero-order chi connectivity index (χ0) is 20.4. The van der Waals surface area contributed by atoms with Crippen molar-refractivity contribution in [3.63, 3.8) is 0 Å². The van der Waals surface area contributed by atoms with Crippen LogP contribution in [-0.4, -0.2) is 28.0 Å². The van der Waals surface area contributed by atoms with Gasteiger partial charge >= 0.3 is 0 Å². The maximum Gasteiger partial charge on any atom is 0.257 e. The fourth-order valence-electron chi connectivity index (χ4n) is 3.21. The third-order valence-corrected chi connectivity index (χ3v) is 4.48. The number of aromatic amines is 1. The van der Waals surface area contributed by atoms with Gasteiger partial charge in [-0.05, 0) is 36.4 Å². The Morgan fingerprint density at radius 3 is 2.62 bits per heavy atom. The van der Waals surface area contributed by atoms with Crippen LogP contribution in [0.3, 0.4) is 0 Å². The zero-order valence-electron chi connectivity index (χ0n) is 15.9. The third kappa shape index (κ3) is 3.58. The number of fused-ring (bicyclic) bond motifs is 1. The average molecular weight is 386 g/mol. The molecular formula is C22H18N4O3. The Bertz CT molecular complexity index is 1270. The van der Waals surface area contributed by atoms with E-state index >= 15 is 0 Å². The van der Waals surface area contributed by atoms with Gasteiger partial charge in [-0.15, -0.1) is 0 Å². The summed E-state index contributed by atoms with van der Waals surface area (Å²) >= 11 is 0. The van der Waals surface area contributed by atoms with Gasteiger partial charge in [-0.1, -0.05) is 6.07 Å². The minimum Gasteiger partial charge on any atom is -0.494 e. The molecule has 3 aromatic heterocycles. The van der Waals surface area contributed by atoms with E-state index in [2.05, 4.69) is 20.3 Å². The fraction of sp³-hybridized carbons (Fsp3) is 0.0909. The van der Waals surface area contributed by atoms with E-state index in [9.17, 15) is 9.59 Å². The molecule has 2 N–H and O–H groups in total. The van der Waals surface area contributed by atoms with Crippen LogP contribution < -0.4 is 15.6 Å². The Labute approximate surface area is 166 Å². The number of nitrogens with zero attached hydrogens (tertiary/aromatic N) is 2. The van der Waals surface area contributed by atoms with E-state index in [1.54, 1.807) is 30.6 Å². The highest BCUT2D eigenvalue weighted by Gasteiger charge is 2.16. The van der Waals surface area contributed by atoms with Gasteiger partial charge in [-0.25, -0.2) is 4.98 Å². The number of H-pyrrole nitrogens is 1. The molecule has 0 aliphatic carbocycles. The van der Waals surface area contributed by atoms with Crippen molar-refractivity contribution in [2.24, 2.45) is 0 Å². The van der Waals surface area contributed by atoms with Crippen molar-refractivity contribution >= 4 is 22.5 Å². The summed E-state index contributed by atoms with van der Waals surface area (Å²) in [6, 6.07) is 14.5. The van der Waals surface area contributed by atoms with E-state index in [0.717, 1.165) is 16.6 Å². The Hall–Kier alpha value is -4.00. The Morgan fingerprint density at radius 1 is 1.07 bits per heavy atom. The van der Waals surface area contributed by atoms with E-state index < -0.39 is 0 Å². The van der Waals surface area contributed by atoms with E-state index in [1.165, 1.54) is 14.0 Å². The molecule has 144 valence electrons. The maximum atomic E-state index is 12.3.